The number of hydrogen-bond acceptors (Lipinski definition) is 3. The summed E-state index contributed by atoms with van der Waals surface area (Å²) in [6.45, 7) is 4.27. The second-order valence-electron chi connectivity index (χ2n) is 5.07. The van der Waals surface area contributed by atoms with E-state index in [0.29, 0.717) is 12.5 Å². The van der Waals surface area contributed by atoms with E-state index in [1.165, 1.54) is 0 Å². The van der Waals surface area contributed by atoms with Gasteiger partial charge in [0.1, 0.15) is 12.4 Å². The van der Waals surface area contributed by atoms with E-state index >= 15 is 0 Å². The first-order valence-electron chi connectivity index (χ1n) is 6.55. The first kappa shape index (κ1) is 13.1. The Labute approximate surface area is 107 Å². The van der Waals surface area contributed by atoms with E-state index in [-0.39, 0.29) is 18.1 Å². The van der Waals surface area contributed by atoms with Crippen LogP contribution in [0.1, 0.15) is 32.0 Å². The van der Waals surface area contributed by atoms with Crippen LogP contribution in [0.5, 0.6) is 0 Å². The zero-order chi connectivity index (χ0) is 13.1. The lowest BCUT2D eigenvalue weighted by atomic mass is 9.76. The Hall–Kier alpha value is -1.36. The van der Waals surface area contributed by atoms with Crippen LogP contribution in [-0.4, -0.2) is 32.7 Å². The molecule has 5 heteroatoms. The van der Waals surface area contributed by atoms with Gasteiger partial charge in [-0.3, -0.25) is 4.79 Å². The molecule has 0 aliphatic heterocycles. The largest absolute Gasteiger partial charge is 0.393 e. The molecule has 0 spiro atoms. The molecule has 1 atom stereocenters. The topological polar surface area (TPSA) is 67.2 Å². The van der Waals surface area contributed by atoms with Crippen molar-refractivity contribution < 1.29 is 9.90 Å². The van der Waals surface area contributed by atoms with Crippen molar-refractivity contribution in [2.75, 3.05) is 0 Å². The summed E-state index contributed by atoms with van der Waals surface area (Å²) in [5.41, 5.74) is 0. The summed E-state index contributed by atoms with van der Waals surface area (Å²) in [6, 6.07) is 0.185. The van der Waals surface area contributed by atoms with E-state index < -0.39 is 0 Å². The normalized spacial score (nSPS) is 24.4. The molecule has 1 heterocycles. The molecule has 1 aromatic heterocycles. The minimum atomic E-state index is -0.170. The van der Waals surface area contributed by atoms with Crippen molar-refractivity contribution in [1.29, 1.82) is 0 Å². The number of hydrogen-bond donors (Lipinski definition) is 2. The number of aromatic nitrogens is 2. The molecule has 1 saturated carbocycles. The van der Waals surface area contributed by atoms with Gasteiger partial charge in [-0.2, -0.15) is 0 Å². The maximum atomic E-state index is 11.9. The Morgan fingerprint density at radius 3 is 2.89 bits per heavy atom. The van der Waals surface area contributed by atoms with Crippen molar-refractivity contribution in [1.82, 2.24) is 14.9 Å². The van der Waals surface area contributed by atoms with Gasteiger partial charge in [-0.15, -0.1) is 0 Å². The zero-order valence-corrected chi connectivity index (χ0v) is 11.0. The predicted octanol–water partition coefficient (Wildman–Crippen LogP) is 0.857. The summed E-state index contributed by atoms with van der Waals surface area (Å²) in [4.78, 5) is 16.0. The zero-order valence-electron chi connectivity index (χ0n) is 11.0. The molecule has 1 amide bonds. The minimum Gasteiger partial charge on any atom is -0.393 e. The third-order valence-corrected chi connectivity index (χ3v) is 3.74. The van der Waals surface area contributed by atoms with E-state index in [4.69, 9.17) is 0 Å². The van der Waals surface area contributed by atoms with Crippen molar-refractivity contribution >= 4 is 5.91 Å². The highest BCUT2D eigenvalue weighted by Crippen LogP contribution is 2.31. The first-order valence-corrected chi connectivity index (χ1v) is 6.55. The quantitative estimate of drug-likeness (QED) is 0.815. The SMILES string of the molecule is CC[C@@H](NC(=O)Cn1ccnc1C)C1CC(O)C1. The molecule has 2 N–H and O–H groups in total. The van der Waals surface area contributed by atoms with Crippen LogP contribution in [0.15, 0.2) is 12.4 Å². The molecule has 5 nitrogen and oxygen atoms in total. The van der Waals surface area contributed by atoms with Crippen LogP contribution >= 0.6 is 0 Å². The number of aliphatic hydroxyl groups is 1. The van der Waals surface area contributed by atoms with Crippen molar-refractivity contribution in [3.63, 3.8) is 0 Å². The predicted molar refractivity (Wildman–Crippen MR) is 67.9 cm³/mol. The number of amides is 1. The summed E-state index contributed by atoms with van der Waals surface area (Å²) in [7, 11) is 0. The van der Waals surface area contributed by atoms with E-state index in [1.54, 1.807) is 6.20 Å². The maximum Gasteiger partial charge on any atom is 0.240 e. The van der Waals surface area contributed by atoms with Gasteiger partial charge in [0.05, 0.1) is 6.10 Å². The fourth-order valence-electron chi connectivity index (χ4n) is 2.49. The van der Waals surface area contributed by atoms with Crippen molar-refractivity contribution in [3.05, 3.63) is 18.2 Å². The highest BCUT2D eigenvalue weighted by Gasteiger charge is 2.33. The fraction of sp³-hybridized carbons (Fsp3) is 0.692. The van der Waals surface area contributed by atoms with E-state index in [2.05, 4.69) is 17.2 Å². The number of nitrogens with zero attached hydrogens (tertiary/aromatic N) is 2. The van der Waals surface area contributed by atoms with Gasteiger partial charge < -0.3 is 15.0 Å². The number of carbonyl (C=O) groups is 1. The maximum absolute atomic E-state index is 11.9. The van der Waals surface area contributed by atoms with Crippen molar-refractivity contribution in [3.8, 4) is 0 Å². The summed E-state index contributed by atoms with van der Waals surface area (Å²) >= 11 is 0. The molecule has 1 fully saturated rings. The van der Waals surface area contributed by atoms with Gasteiger partial charge in [-0.1, -0.05) is 6.92 Å². The van der Waals surface area contributed by atoms with Gasteiger partial charge in [0, 0.05) is 18.4 Å². The molecule has 0 aromatic carbocycles. The second kappa shape index (κ2) is 5.52. The molecule has 100 valence electrons. The Kier molecular flexibility index (Phi) is 4.01. The molecule has 1 aromatic rings. The number of aryl methyl sites for hydroxylation is 1. The fourth-order valence-corrected chi connectivity index (χ4v) is 2.49. The highest BCUT2D eigenvalue weighted by molar-refractivity contribution is 5.76. The van der Waals surface area contributed by atoms with E-state index in [1.807, 2.05) is 17.7 Å². The van der Waals surface area contributed by atoms with Gasteiger partial charge >= 0.3 is 0 Å². The molecular formula is C13H21N3O2. The van der Waals surface area contributed by atoms with Gasteiger partial charge in [0.2, 0.25) is 5.91 Å². The standard InChI is InChI=1S/C13H21N3O2/c1-3-12(10-6-11(17)7-10)15-13(18)8-16-5-4-14-9(16)2/h4-5,10-12,17H,3,6-8H2,1-2H3,(H,15,18)/t10?,11?,12-/m1/s1. The highest BCUT2D eigenvalue weighted by atomic mass is 16.3. The van der Waals surface area contributed by atoms with Gasteiger partial charge in [0.15, 0.2) is 0 Å². The number of imidazole rings is 1. The Morgan fingerprint density at radius 1 is 1.67 bits per heavy atom. The van der Waals surface area contributed by atoms with E-state index in [0.717, 1.165) is 25.1 Å². The van der Waals surface area contributed by atoms with Crippen molar-refractivity contribution in [2.45, 2.75) is 51.8 Å². The molecule has 0 radical (unpaired) electrons. The van der Waals surface area contributed by atoms with Crippen LogP contribution in [0.3, 0.4) is 0 Å². The van der Waals surface area contributed by atoms with Crippen LogP contribution in [0.2, 0.25) is 0 Å². The lowest BCUT2D eigenvalue weighted by molar-refractivity contribution is -0.123. The molecule has 0 unspecified atom stereocenters. The van der Waals surface area contributed by atoms with Crippen molar-refractivity contribution in [2.24, 2.45) is 5.92 Å². The summed E-state index contributed by atoms with van der Waals surface area (Å²) in [5, 5.41) is 12.4. The molecule has 1 aliphatic carbocycles. The minimum absolute atomic E-state index is 0.0179. The molecule has 0 saturated heterocycles. The van der Waals surface area contributed by atoms with Gasteiger partial charge in [-0.25, -0.2) is 4.98 Å². The first-order chi connectivity index (χ1) is 8.60. The number of rotatable bonds is 5. The summed E-state index contributed by atoms with van der Waals surface area (Å²) in [6.07, 6.45) is 5.86. The molecule has 2 rings (SSSR count). The van der Waals surface area contributed by atoms with Crippen LogP contribution in [0.4, 0.5) is 0 Å². The number of carbonyl (C=O) groups excluding carboxylic acids is 1. The van der Waals surface area contributed by atoms with Crippen LogP contribution < -0.4 is 5.32 Å². The van der Waals surface area contributed by atoms with Crippen LogP contribution in [-0.2, 0) is 11.3 Å². The third kappa shape index (κ3) is 2.90. The molecular weight excluding hydrogens is 230 g/mol. The Morgan fingerprint density at radius 2 is 2.39 bits per heavy atom. The average molecular weight is 251 g/mol. The number of nitrogens with one attached hydrogen (secondary N) is 1. The smallest absolute Gasteiger partial charge is 0.240 e. The second-order valence-corrected chi connectivity index (χ2v) is 5.07. The lowest BCUT2D eigenvalue weighted by Gasteiger charge is -2.37. The molecule has 0 bridgehead atoms. The summed E-state index contributed by atoms with van der Waals surface area (Å²) < 4.78 is 1.83. The molecule has 1 aliphatic rings. The van der Waals surface area contributed by atoms with E-state index in [9.17, 15) is 9.90 Å². The summed E-state index contributed by atoms with van der Waals surface area (Å²) in [5.74, 6) is 1.29. The number of aliphatic hydroxyl groups excluding tert-OH is 1. The Balaban J connectivity index is 1.84. The average Bonchev–Trinajstić information content (AvgIpc) is 2.68. The Bertz CT molecular complexity index is 410. The monoisotopic (exact) mass is 251 g/mol. The molecule has 18 heavy (non-hydrogen) atoms. The van der Waals surface area contributed by atoms with Gasteiger partial charge in [0.25, 0.3) is 0 Å². The lowest BCUT2D eigenvalue weighted by Crippen LogP contribution is -2.47. The van der Waals surface area contributed by atoms with Gasteiger partial charge in [-0.05, 0) is 32.1 Å². The third-order valence-electron chi connectivity index (χ3n) is 3.74. The van der Waals surface area contributed by atoms with Crippen LogP contribution in [0.25, 0.3) is 0 Å². The van der Waals surface area contributed by atoms with Crippen LogP contribution in [0, 0.1) is 12.8 Å².